The molecule has 3 heteroatoms. The third kappa shape index (κ3) is 2.64. The molecule has 0 spiro atoms. The fourth-order valence-electron chi connectivity index (χ4n) is 1.20. The van der Waals surface area contributed by atoms with Gasteiger partial charge in [0.25, 0.3) is 0 Å². The molecule has 0 bridgehead atoms. The third-order valence-corrected chi connectivity index (χ3v) is 1.92. The normalized spacial score (nSPS) is 9.60. The second-order valence-electron chi connectivity index (χ2n) is 3.14. The van der Waals surface area contributed by atoms with Crippen molar-refractivity contribution in [1.29, 1.82) is 0 Å². The van der Waals surface area contributed by atoms with Crippen molar-refractivity contribution in [2.45, 2.75) is 0 Å². The molecule has 0 aliphatic heterocycles. The van der Waals surface area contributed by atoms with E-state index in [0.717, 1.165) is 5.69 Å². The molecule has 2 aromatic rings. The lowest BCUT2D eigenvalue weighted by Gasteiger charge is -2.07. The van der Waals surface area contributed by atoms with Crippen LogP contribution in [0, 0.1) is 0 Å². The Labute approximate surface area is 88.4 Å². The maximum atomic E-state index is 5.62. The zero-order chi connectivity index (χ0) is 10.5. The van der Waals surface area contributed by atoms with Crippen LogP contribution in [0.15, 0.2) is 54.6 Å². The number of rotatable bonds is 3. The van der Waals surface area contributed by atoms with Gasteiger partial charge < -0.3 is 10.6 Å². The summed E-state index contributed by atoms with van der Waals surface area (Å²) in [5, 5.41) is 0. The summed E-state index contributed by atoms with van der Waals surface area (Å²) in [7, 11) is 0. The SMILES string of the molecule is Nc1cccc(ONc2ccccc2)c1. The van der Waals surface area contributed by atoms with Gasteiger partial charge in [0.05, 0.1) is 5.69 Å². The first kappa shape index (κ1) is 9.40. The molecule has 0 heterocycles. The molecule has 0 unspecified atom stereocenters. The number of nitrogens with two attached hydrogens (primary N) is 1. The van der Waals surface area contributed by atoms with Crippen LogP contribution >= 0.6 is 0 Å². The number of hydrogen-bond acceptors (Lipinski definition) is 3. The Balaban J connectivity index is 1.99. The first-order valence-electron chi connectivity index (χ1n) is 4.68. The molecule has 2 aromatic carbocycles. The second-order valence-corrected chi connectivity index (χ2v) is 3.14. The molecule has 2 rings (SSSR count). The number of para-hydroxylation sites is 1. The van der Waals surface area contributed by atoms with Crippen molar-refractivity contribution in [3.63, 3.8) is 0 Å². The van der Waals surface area contributed by atoms with Crippen LogP contribution in [0.4, 0.5) is 11.4 Å². The van der Waals surface area contributed by atoms with Gasteiger partial charge in [-0.15, -0.1) is 0 Å². The summed E-state index contributed by atoms with van der Waals surface area (Å²) in [4.78, 5) is 5.34. The zero-order valence-corrected chi connectivity index (χ0v) is 8.18. The lowest BCUT2D eigenvalue weighted by atomic mass is 10.3. The minimum Gasteiger partial charge on any atom is -0.399 e. The average Bonchev–Trinajstić information content (AvgIpc) is 2.28. The minimum atomic E-state index is 0.683. The van der Waals surface area contributed by atoms with Crippen LogP contribution in [-0.4, -0.2) is 0 Å². The largest absolute Gasteiger partial charge is 0.399 e. The molecule has 0 aliphatic carbocycles. The van der Waals surface area contributed by atoms with Crippen LogP contribution < -0.4 is 16.1 Å². The summed E-state index contributed by atoms with van der Waals surface area (Å²) >= 11 is 0. The summed E-state index contributed by atoms with van der Waals surface area (Å²) in [5.41, 5.74) is 10.0. The van der Waals surface area contributed by atoms with E-state index in [1.54, 1.807) is 6.07 Å². The van der Waals surface area contributed by atoms with Crippen molar-refractivity contribution in [1.82, 2.24) is 0 Å². The Kier molecular flexibility index (Phi) is 2.74. The van der Waals surface area contributed by atoms with E-state index in [2.05, 4.69) is 5.48 Å². The molecule has 0 atom stereocenters. The summed E-state index contributed by atoms with van der Waals surface area (Å²) in [6.07, 6.45) is 0. The monoisotopic (exact) mass is 200 g/mol. The lowest BCUT2D eigenvalue weighted by Crippen LogP contribution is -2.04. The van der Waals surface area contributed by atoms with Crippen molar-refractivity contribution in [3.05, 3.63) is 54.6 Å². The molecule has 0 fully saturated rings. The van der Waals surface area contributed by atoms with Gasteiger partial charge in [-0.2, -0.15) is 0 Å². The molecule has 3 nitrogen and oxygen atoms in total. The highest BCUT2D eigenvalue weighted by molar-refractivity contribution is 5.45. The summed E-state index contributed by atoms with van der Waals surface area (Å²) in [6, 6.07) is 16.9. The van der Waals surface area contributed by atoms with E-state index in [4.69, 9.17) is 10.6 Å². The Morgan fingerprint density at radius 3 is 2.47 bits per heavy atom. The molecule has 0 aliphatic rings. The zero-order valence-electron chi connectivity index (χ0n) is 8.18. The number of benzene rings is 2. The number of nitrogen functional groups attached to an aromatic ring is 1. The van der Waals surface area contributed by atoms with E-state index in [1.807, 2.05) is 48.5 Å². The van der Waals surface area contributed by atoms with Crippen LogP contribution in [0.25, 0.3) is 0 Å². The van der Waals surface area contributed by atoms with Gasteiger partial charge in [-0.3, -0.25) is 0 Å². The molecule has 15 heavy (non-hydrogen) atoms. The maximum absolute atomic E-state index is 5.62. The molecule has 0 amide bonds. The summed E-state index contributed by atoms with van der Waals surface area (Å²) < 4.78 is 0. The second kappa shape index (κ2) is 4.37. The lowest BCUT2D eigenvalue weighted by molar-refractivity contribution is 0.405. The average molecular weight is 200 g/mol. The highest BCUT2D eigenvalue weighted by atomic mass is 16.6. The standard InChI is InChI=1S/C12H12N2O/c13-10-5-4-8-12(9-10)15-14-11-6-2-1-3-7-11/h1-9,14H,13H2. The van der Waals surface area contributed by atoms with E-state index in [0.29, 0.717) is 11.4 Å². The van der Waals surface area contributed by atoms with Gasteiger partial charge in [0.1, 0.15) is 0 Å². The van der Waals surface area contributed by atoms with Gasteiger partial charge >= 0.3 is 0 Å². The minimum absolute atomic E-state index is 0.683. The topological polar surface area (TPSA) is 47.3 Å². The van der Waals surface area contributed by atoms with E-state index in [9.17, 15) is 0 Å². The van der Waals surface area contributed by atoms with Gasteiger partial charge in [0.2, 0.25) is 0 Å². The highest BCUT2D eigenvalue weighted by Crippen LogP contribution is 2.15. The van der Waals surface area contributed by atoms with E-state index in [1.165, 1.54) is 0 Å². The Morgan fingerprint density at radius 2 is 1.73 bits per heavy atom. The van der Waals surface area contributed by atoms with Crippen LogP contribution in [-0.2, 0) is 0 Å². The smallest absolute Gasteiger partial charge is 0.157 e. The Morgan fingerprint density at radius 1 is 0.933 bits per heavy atom. The fourth-order valence-corrected chi connectivity index (χ4v) is 1.20. The van der Waals surface area contributed by atoms with Crippen molar-refractivity contribution in [3.8, 4) is 5.75 Å². The van der Waals surface area contributed by atoms with Crippen molar-refractivity contribution >= 4 is 11.4 Å². The summed E-state index contributed by atoms with van der Waals surface area (Å²) in [6.45, 7) is 0. The maximum Gasteiger partial charge on any atom is 0.157 e. The predicted octanol–water partition coefficient (Wildman–Crippen LogP) is 2.67. The van der Waals surface area contributed by atoms with Crippen LogP contribution in [0.1, 0.15) is 0 Å². The Hall–Kier alpha value is -2.16. The third-order valence-electron chi connectivity index (χ3n) is 1.92. The van der Waals surface area contributed by atoms with E-state index in [-0.39, 0.29) is 0 Å². The first-order chi connectivity index (χ1) is 7.34. The number of anilines is 2. The van der Waals surface area contributed by atoms with Crippen molar-refractivity contribution < 1.29 is 4.84 Å². The molecule has 0 saturated heterocycles. The highest BCUT2D eigenvalue weighted by Gasteiger charge is 1.94. The predicted molar refractivity (Wildman–Crippen MR) is 61.5 cm³/mol. The molecule has 0 saturated carbocycles. The van der Waals surface area contributed by atoms with Crippen molar-refractivity contribution in [2.75, 3.05) is 11.2 Å². The number of nitrogens with one attached hydrogen (secondary N) is 1. The van der Waals surface area contributed by atoms with E-state index < -0.39 is 0 Å². The number of hydrogen-bond donors (Lipinski definition) is 2. The van der Waals surface area contributed by atoms with Crippen molar-refractivity contribution in [2.24, 2.45) is 0 Å². The molecule has 76 valence electrons. The van der Waals surface area contributed by atoms with Gasteiger partial charge in [-0.1, -0.05) is 24.3 Å². The molecule has 0 radical (unpaired) electrons. The van der Waals surface area contributed by atoms with Crippen LogP contribution in [0.3, 0.4) is 0 Å². The van der Waals surface area contributed by atoms with Gasteiger partial charge in [0, 0.05) is 11.8 Å². The Bertz CT molecular complexity index is 429. The van der Waals surface area contributed by atoms with Gasteiger partial charge in [0.15, 0.2) is 5.75 Å². The molecule has 0 aromatic heterocycles. The van der Waals surface area contributed by atoms with Gasteiger partial charge in [-0.05, 0) is 24.3 Å². The molecular weight excluding hydrogens is 188 g/mol. The molecular formula is C12H12N2O. The van der Waals surface area contributed by atoms with Crippen LogP contribution in [0.2, 0.25) is 0 Å². The molecule has 3 N–H and O–H groups in total. The first-order valence-corrected chi connectivity index (χ1v) is 4.68. The fraction of sp³-hybridized carbons (Fsp3) is 0. The van der Waals surface area contributed by atoms with Gasteiger partial charge in [-0.25, -0.2) is 5.48 Å². The summed E-state index contributed by atoms with van der Waals surface area (Å²) in [5.74, 6) is 0.693. The van der Waals surface area contributed by atoms with E-state index >= 15 is 0 Å². The van der Waals surface area contributed by atoms with Crippen LogP contribution in [0.5, 0.6) is 5.75 Å². The quantitative estimate of drug-likeness (QED) is 0.591.